The molecule has 0 bridgehead atoms. The van der Waals surface area contributed by atoms with Gasteiger partial charge in [-0.25, -0.2) is 8.42 Å². The Labute approximate surface area is 196 Å². The summed E-state index contributed by atoms with van der Waals surface area (Å²) >= 11 is 6.20. The lowest BCUT2D eigenvalue weighted by atomic mass is 10.2. The van der Waals surface area contributed by atoms with Crippen molar-refractivity contribution < 1.29 is 22.3 Å². The molecule has 33 heavy (non-hydrogen) atoms. The van der Waals surface area contributed by atoms with Crippen LogP contribution in [-0.2, 0) is 16.6 Å². The van der Waals surface area contributed by atoms with Gasteiger partial charge in [-0.05, 0) is 24.3 Å². The molecule has 0 atom stereocenters. The highest BCUT2D eigenvalue weighted by atomic mass is 35.5. The molecular weight excluding hydrogens is 468 g/mol. The van der Waals surface area contributed by atoms with Gasteiger partial charge in [0.05, 0.1) is 35.2 Å². The molecule has 1 saturated heterocycles. The van der Waals surface area contributed by atoms with Crippen molar-refractivity contribution in [2.45, 2.75) is 17.9 Å². The Morgan fingerprint density at radius 2 is 1.70 bits per heavy atom. The topological polar surface area (TPSA) is 98.0 Å². The quantitative estimate of drug-likeness (QED) is 0.538. The monoisotopic (exact) mass is 490 g/mol. The maximum Gasteiger partial charge on any atom is 0.249 e. The minimum absolute atomic E-state index is 0.210. The maximum absolute atomic E-state index is 13.2. The van der Waals surface area contributed by atoms with Gasteiger partial charge in [-0.15, -0.1) is 10.2 Å². The van der Waals surface area contributed by atoms with Crippen LogP contribution in [-0.4, -0.2) is 67.2 Å². The summed E-state index contributed by atoms with van der Waals surface area (Å²) in [6.45, 7) is 3.32. The molecule has 5 rings (SSSR count). The predicted molar refractivity (Wildman–Crippen MR) is 121 cm³/mol. The Kier molecular flexibility index (Phi) is 6.24. The van der Waals surface area contributed by atoms with Crippen LogP contribution in [0.4, 0.5) is 0 Å². The van der Waals surface area contributed by atoms with Crippen LogP contribution in [0, 0.1) is 0 Å². The predicted octanol–water partition coefficient (Wildman–Crippen LogP) is 3.06. The smallest absolute Gasteiger partial charge is 0.249 e. The third-order valence-electron chi connectivity index (χ3n) is 5.62. The molecule has 1 aromatic heterocycles. The van der Waals surface area contributed by atoms with E-state index < -0.39 is 10.0 Å². The number of ether oxygens (including phenoxy) is 2. The van der Waals surface area contributed by atoms with Crippen molar-refractivity contribution in [1.29, 1.82) is 0 Å². The summed E-state index contributed by atoms with van der Waals surface area (Å²) in [7, 11) is -3.64. The van der Waals surface area contributed by atoms with Crippen LogP contribution >= 0.6 is 11.6 Å². The molecule has 0 aliphatic carbocycles. The van der Waals surface area contributed by atoms with Crippen molar-refractivity contribution in [1.82, 2.24) is 19.4 Å². The van der Waals surface area contributed by atoms with Gasteiger partial charge in [0.1, 0.15) is 0 Å². The standard InChI is InChI=1S/C22H23ClN4O5S/c23-18-5-2-1-4-17(18)22-25-24-21(32-22)15-26-8-10-27(11-9-26)33(28,29)16-6-7-19-20(14-16)31-13-3-12-30-19/h1-2,4-7,14H,3,8-13,15H2. The van der Waals surface area contributed by atoms with Crippen LogP contribution in [0.15, 0.2) is 51.8 Å². The first kappa shape index (κ1) is 22.1. The summed E-state index contributed by atoms with van der Waals surface area (Å²) < 4.78 is 44.9. The summed E-state index contributed by atoms with van der Waals surface area (Å²) in [5.41, 5.74) is 0.684. The number of halogens is 1. The zero-order valence-electron chi connectivity index (χ0n) is 17.8. The zero-order valence-corrected chi connectivity index (χ0v) is 19.4. The fourth-order valence-corrected chi connectivity index (χ4v) is 5.49. The number of benzene rings is 2. The van der Waals surface area contributed by atoms with Gasteiger partial charge in [-0.1, -0.05) is 23.7 Å². The molecular formula is C22H23ClN4O5S. The molecule has 2 aliphatic heterocycles. The van der Waals surface area contributed by atoms with Gasteiger partial charge < -0.3 is 13.9 Å². The largest absolute Gasteiger partial charge is 0.490 e. The van der Waals surface area contributed by atoms with E-state index in [1.807, 2.05) is 18.2 Å². The van der Waals surface area contributed by atoms with Gasteiger partial charge in [0.25, 0.3) is 0 Å². The van der Waals surface area contributed by atoms with Gasteiger partial charge in [0, 0.05) is 38.7 Å². The number of piperazine rings is 1. The molecule has 1 fully saturated rings. The molecule has 3 aromatic rings. The average Bonchev–Trinajstić information content (AvgIpc) is 3.15. The number of hydrogen-bond donors (Lipinski definition) is 0. The van der Waals surface area contributed by atoms with Crippen molar-refractivity contribution >= 4 is 21.6 Å². The van der Waals surface area contributed by atoms with Crippen LogP contribution < -0.4 is 9.47 Å². The normalized spacial score (nSPS) is 17.6. The fraction of sp³-hybridized carbons (Fsp3) is 0.364. The molecule has 2 aliphatic rings. The van der Waals surface area contributed by atoms with Crippen molar-refractivity contribution in [3.05, 3.63) is 53.4 Å². The van der Waals surface area contributed by atoms with Crippen LogP contribution in [0.1, 0.15) is 12.3 Å². The molecule has 0 saturated carbocycles. The first-order valence-corrected chi connectivity index (χ1v) is 12.5. The first-order valence-electron chi connectivity index (χ1n) is 10.7. The summed E-state index contributed by atoms with van der Waals surface area (Å²) in [5.74, 6) is 1.88. The highest BCUT2D eigenvalue weighted by molar-refractivity contribution is 7.89. The highest BCUT2D eigenvalue weighted by Crippen LogP contribution is 2.33. The second-order valence-electron chi connectivity index (χ2n) is 7.82. The maximum atomic E-state index is 13.2. The second-order valence-corrected chi connectivity index (χ2v) is 10.2. The van der Waals surface area contributed by atoms with Gasteiger partial charge in [0.2, 0.25) is 21.8 Å². The third-order valence-corrected chi connectivity index (χ3v) is 7.84. The van der Waals surface area contributed by atoms with Gasteiger partial charge in [-0.3, -0.25) is 4.90 Å². The van der Waals surface area contributed by atoms with E-state index in [-0.39, 0.29) is 4.90 Å². The lowest BCUT2D eigenvalue weighted by molar-refractivity contribution is 0.168. The Morgan fingerprint density at radius 3 is 2.48 bits per heavy atom. The number of hydrogen-bond acceptors (Lipinski definition) is 8. The molecule has 0 N–H and O–H groups in total. The second kappa shape index (κ2) is 9.30. The van der Waals surface area contributed by atoms with E-state index in [0.29, 0.717) is 79.8 Å². The van der Waals surface area contributed by atoms with Gasteiger partial charge >= 0.3 is 0 Å². The van der Waals surface area contributed by atoms with E-state index in [0.717, 1.165) is 6.42 Å². The molecule has 0 radical (unpaired) electrons. The molecule has 11 heteroatoms. The van der Waals surface area contributed by atoms with Crippen molar-refractivity contribution in [3.8, 4) is 23.0 Å². The van der Waals surface area contributed by atoms with Crippen LogP contribution in [0.5, 0.6) is 11.5 Å². The molecule has 174 valence electrons. The molecule has 0 amide bonds. The zero-order chi connectivity index (χ0) is 22.8. The minimum atomic E-state index is -3.64. The first-order chi connectivity index (χ1) is 16.0. The summed E-state index contributed by atoms with van der Waals surface area (Å²) in [4.78, 5) is 2.30. The number of aromatic nitrogens is 2. The fourth-order valence-electron chi connectivity index (χ4n) is 3.83. The minimum Gasteiger partial charge on any atom is -0.490 e. The summed E-state index contributed by atoms with van der Waals surface area (Å²) in [5, 5.41) is 8.75. The van der Waals surface area contributed by atoms with E-state index in [2.05, 4.69) is 15.1 Å². The lowest BCUT2D eigenvalue weighted by Gasteiger charge is -2.33. The Hall–Kier alpha value is -2.66. The van der Waals surface area contributed by atoms with E-state index in [9.17, 15) is 8.42 Å². The van der Waals surface area contributed by atoms with Crippen molar-refractivity contribution in [2.24, 2.45) is 0 Å². The highest BCUT2D eigenvalue weighted by Gasteiger charge is 2.30. The van der Waals surface area contributed by atoms with Crippen LogP contribution in [0.3, 0.4) is 0 Å². The van der Waals surface area contributed by atoms with Crippen LogP contribution in [0.2, 0.25) is 5.02 Å². The Balaban J connectivity index is 1.22. The molecule has 0 spiro atoms. The van der Waals surface area contributed by atoms with Crippen molar-refractivity contribution in [2.75, 3.05) is 39.4 Å². The number of fused-ring (bicyclic) bond motifs is 1. The average molecular weight is 491 g/mol. The molecule has 3 heterocycles. The third kappa shape index (κ3) is 4.70. The summed E-state index contributed by atoms with van der Waals surface area (Å²) in [6.07, 6.45) is 0.763. The van der Waals surface area contributed by atoms with Gasteiger partial charge in [-0.2, -0.15) is 4.31 Å². The number of rotatable bonds is 5. The summed E-state index contributed by atoms with van der Waals surface area (Å²) in [6, 6.07) is 12.1. The van der Waals surface area contributed by atoms with E-state index >= 15 is 0 Å². The van der Waals surface area contributed by atoms with Crippen LogP contribution in [0.25, 0.3) is 11.5 Å². The SMILES string of the molecule is O=S(=O)(c1ccc2c(c1)OCCCO2)N1CCN(Cc2nnc(-c3ccccc3Cl)o2)CC1. The Morgan fingerprint density at radius 1 is 0.939 bits per heavy atom. The number of nitrogens with zero attached hydrogens (tertiary/aromatic N) is 4. The molecule has 2 aromatic carbocycles. The number of sulfonamides is 1. The van der Waals surface area contributed by atoms with E-state index in [4.69, 9.17) is 25.5 Å². The Bertz CT molecular complexity index is 1240. The van der Waals surface area contributed by atoms with Gasteiger partial charge in [0.15, 0.2) is 11.5 Å². The lowest BCUT2D eigenvalue weighted by Crippen LogP contribution is -2.48. The molecule has 0 unspecified atom stereocenters. The van der Waals surface area contributed by atoms with E-state index in [1.54, 1.807) is 24.3 Å². The molecule has 9 nitrogen and oxygen atoms in total. The van der Waals surface area contributed by atoms with E-state index in [1.165, 1.54) is 4.31 Å². The van der Waals surface area contributed by atoms with Crippen molar-refractivity contribution in [3.63, 3.8) is 0 Å².